The van der Waals surface area contributed by atoms with E-state index in [2.05, 4.69) is 5.16 Å². The lowest BCUT2D eigenvalue weighted by atomic mass is 10.1. The third-order valence-corrected chi connectivity index (χ3v) is 9.13. The smallest absolute Gasteiger partial charge is 0.339 e. The molecule has 1 aliphatic heterocycles. The maximum Gasteiger partial charge on any atom is 0.339 e. The molecule has 11 heteroatoms. The molecule has 0 radical (unpaired) electrons. The molecule has 0 aliphatic carbocycles. The number of nitrogens with zero attached hydrogens (tertiary/aromatic N) is 3. The summed E-state index contributed by atoms with van der Waals surface area (Å²) in [6.07, 6.45) is 1.42. The Morgan fingerprint density at radius 2 is 1.91 bits per heavy atom. The highest BCUT2D eigenvalue weighted by atomic mass is 35.5. The van der Waals surface area contributed by atoms with Crippen molar-refractivity contribution in [3.05, 3.63) is 71.1 Å². The van der Waals surface area contributed by atoms with E-state index in [4.69, 9.17) is 16.1 Å². The van der Waals surface area contributed by atoms with Gasteiger partial charge in [0.1, 0.15) is 21.7 Å². The van der Waals surface area contributed by atoms with Gasteiger partial charge in [0, 0.05) is 24.8 Å². The molecule has 0 saturated heterocycles. The van der Waals surface area contributed by atoms with E-state index in [1.54, 1.807) is 12.1 Å². The van der Waals surface area contributed by atoms with Crippen molar-refractivity contribution in [1.29, 1.82) is 0 Å². The number of aromatic carboxylic acids is 1. The Kier molecular flexibility index (Phi) is 5.17. The van der Waals surface area contributed by atoms with Crippen LogP contribution in [0.1, 0.15) is 16.1 Å². The van der Waals surface area contributed by atoms with E-state index < -0.39 is 16.0 Å². The largest absolute Gasteiger partial charge is 0.478 e. The Balaban J connectivity index is 1.54. The lowest BCUT2D eigenvalue weighted by Crippen LogP contribution is -2.38. The van der Waals surface area contributed by atoms with Gasteiger partial charge in [0.05, 0.1) is 22.1 Å². The van der Waals surface area contributed by atoms with Crippen molar-refractivity contribution < 1.29 is 22.8 Å². The maximum atomic E-state index is 13.3. The third kappa shape index (κ3) is 3.36. The molecule has 8 nitrogen and oxygen atoms in total. The van der Waals surface area contributed by atoms with Crippen molar-refractivity contribution in [3.63, 3.8) is 0 Å². The van der Waals surface area contributed by atoms with Gasteiger partial charge in [-0.25, -0.2) is 13.2 Å². The van der Waals surface area contributed by atoms with Crippen molar-refractivity contribution in [2.45, 2.75) is 17.3 Å². The normalized spacial score (nSPS) is 14.4. The SMILES string of the molecule is O=C(O)c1c(Cl)c(-c2ccccc2)n2c1CN(S(=O)(=O)c1ccc(-c3ccon3)s1)CC2. The molecule has 0 amide bonds. The molecule has 32 heavy (non-hydrogen) atoms. The van der Waals surface area contributed by atoms with Crippen LogP contribution in [0.15, 0.2) is 63.5 Å². The predicted molar refractivity (Wildman–Crippen MR) is 119 cm³/mol. The minimum atomic E-state index is -3.84. The highest BCUT2D eigenvalue weighted by Gasteiger charge is 2.36. The number of aromatic nitrogens is 2. The van der Waals surface area contributed by atoms with Crippen molar-refractivity contribution in [1.82, 2.24) is 14.0 Å². The fourth-order valence-electron chi connectivity index (χ4n) is 3.87. The van der Waals surface area contributed by atoms with Gasteiger partial charge in [-0.3, -0.25) is 0 Å². The van der Waals surface area contributed by atoms with E-state index in [1.807, 2.05) is 34.9 Å². The van der Waals surface area contributed by atoms with Crippen molar-refractivity contribution in [3.8, 4) is 21.8 Å². The number of hydrogen-bond donors (Lipinski definition) is 1. The van der Waals surface area contributed by atoms with Gasteiger partial charge in [-0.05, 0) is 17.7 Å². The van der Waals surface area contributed by atoms with Crippen molar-refractivity contribution in [2.75, 3.05) is 6.54 Å². The van der Waals surface area contributed by atoms with Crippen LogP contribution in [0.25, 0.3) is 21.8 Å². The number of halogens is 1. The Morgan fingerprint density at radius 1 is 1.12 bits per heavy atom. The van der Waals surface area contributed by atoms with E-state index in [0.717, 1.165) is 16.9 Å². The average molecular weight is 490 g/mol. The van der Waals surface area contributed by atoms with Gasteiger partial charge < -0.3 is 14.2 Å². The number of carboxylic acid groups (broad SMARTS) is 1. The van der Waals surface area contributed by atoms with E-state index >= 15 is 0 Å². The van der Waals surface area contributed by atoms with Crippen LogP contribution in [-0.4, -0.2) is 40.1 Å². The molecule has 4 heterocycles. The summed E-state index contributed by atoms with van der Waals surface area (Å²) in [5.41, 5.74) is 2.21. The molecule has 1 N–H and O–H groups in total. The first kappa shape index (κ1) is 21.0. The number of sulfonamides is 1. The van der Waals surface area contributed by atoms with Crippen LogP contribution in [0.4, 0.5) is 0 Å². The van der Waals surface area contributed by atoms with Gasteiger partial charge >= 0.3 is 5.97 Å². The Bertz CT molecular complexity index is 1410. The van der Waals surface area contributed by atoms with E-state index in [9.17, 15) is 18.3 Å². The second kappa shape index (κ2) is 7.89. The molecule has 3 aromatic heterocycles. The number of benzene rings is 1. The van der Waals surface area contributed by atoms with Crippen LogP contribution in [0, 0.1) is 0 Å². The number of hydrogen-bond acceptors (Lipinski definition) is 6. The first-order valence-electron chi connectivity index (χ1n) is 9.58. The van der Waals surface area contributed by atoms with Crippen molar-refractivity contribution >= 4 is 38.9 Å². The molecule has 5 rings (SSSR count). The van der Waals surface area contributed by atoms with E-state index in [-0.39, 0.29) is 34.4 Å². The molecule has 0 bridgehead atoms. The summed E-state index contributed by atoms with van der Waals surface area (Å²) >= 11 is 7.59. The van der Waals surface area contributed by atoms with Crippen LogP contribution in [0.2, 0.25) is 5.02 Å². The van der Waals surface area contributed by atoms with Crippen LogP contribution >= 0.6 is 22.9 Å². The molecule has 4 aromatic rings. The van der Waals surface area contributed by atoms with Crippen molar-refractivity contribution in [2.24, 2.45) is 0 Å². The highest BCUT2D eigenvalue weighted by molar-refractivity contribution is 7.91. The summed E-state index contributed by atoms with van der Waals surface area (Å²) in [5, 5.41) is 13.8. The standard InChI is InChI=1S/C21H16ClN3O5S2/c22-19-18(21(26)27)15-12-24(9-10-25(15)20(19)13-4-2-1-3-5-13)32(28,29)17-7-6-16(31-17)14-8-11-30-23-14/h1-8,11H,9-10,12H2,(H,26,27). The van der Waals surface area contributed by atoms with Gasteiger partial charge in [0.15, 0.2) is 0 Å². The highest BCUT2D eigenvalue weighted by Crippen LogP contribution is 2.39. The minimum Gasteiger partial charge on any atom is -0.478 e. The average Bonchev–Trinajstić information content (AvgIpc) is 3.52. The summed E-state index contributed by atoms with van der Waals surface area (Å²) in [6.45, 7) is 0.386. The summed E-state index contributed by atoms with van der Waals surface area (Å²) in [5.74, 6) is -1.19. The lowest BCUT2D eigenvalue weighted by molar-refractivity contribution is 0.0694. The van der Waals surface area contributed by atoms with Crippen LogP contribution < -0.4 is 0 Å². The molecule has 0 atom stereocenters. The molecule has 0 spiro atoms. The molecule has 0 saturated carbocycles. The zero-order valence-corrected chi connectivity index (χ0v) is 18.8. The summed E-state index contributed by atoms with van der Waals surface area (Å²) in [6, 6.07) is 14.1. The van der Waals surface area contributed by atoms with E-state index in [0.29, 0.717) is 22.0 Å². The first-order chi connectivity index (χ1) is 15.4. The maximum absolute atomic E-state index is 13.3. The Labute approximate surface area is 192 Å². The van der Waals surface area contributed by atoms with Gasteiger partial charge in [0.25, 0.3) is 10.0 Å². The second-order valence-corrected chi connectivity index (χ2v) is 10.8. The molecule has 164 valence electrons. The zero-order valence-electron chi connectivity index (χ0n) is 16.4. The first-order valence-corrected chi connectivity index (χ1v) is 12.2. The number of thiophene rings is 1. The Morgan fingerprint density at radius 3 is 2.59 bits per heavy atom. The van der Waals surface area contributed by atoms with Gasteiger partial charge in [0.2, 0.25) is 0 Å². The predicted octanol–water partition coefficient (Wildman–Crippen LogP) is 4.43. The summed E-state index contributed by atoms with van der Waals surface area (Å²) < 4.78 is 34.7. The number of rotatable bonds is 5. The van der Waals surface area contributed by atoms with Crippen LogP contribution in [-0.2, 0) is 23.1 Å². The fraction of sp³-hybridized carbons (Fsp3) is 0.143. The molecular weight excluding hydrogens is 474 g/mol. The topological polar surface area (TPSA) is 106 Å². The van der Waals surface area contributed by atoms with Crippen LogP contribution in [0.3, 0.4) is 0 Å². The monoisotopic (exact) mass is 489 g/mol. The zero-order chi connectivity index (χ0) is 22.5. The number of carboxylic acids is 1. The fourth-order valence-corrected chi connectivity index (χ4v) is 7.08. The molecular formula is C21H16ClN3O5S2. The summed E-state index contributed by atoms with van der Waals surface area (Å²) in [4.78, 5) is 12.7. The van der Waals surface area contributed by atoms with Gasteiger partial charge in [-0.15, -0.1) is 11.3 Å². The molecule has 1 aliphatic rings. The number of fused-ring (bicyclic) bond motifs is 1. The van der Waals surface area contributed by atoms with Crippen LogP contribution in [0.5, 0.6) is 0 Å². The third-order valence-electron chi connectivity index (χ3n) is 5.34. The molecule has 0 unspecified atom stereocenters. The van der Waals surface area contributed by atoms with E-state index in [1.165, 1.54) is 16.6 Å². The quantitative estimate of drug-likeness (QED) is 0.444. The van der Waals surface area contributed by atoms with Gasteiger partial charge in [-0.2, -0.15) is 4.31 Å². The van der Waals surface area contributed by atoms with Gasteiger partial charge in [-0.1, -0.05) is 47.1 Å². The minimum absolute atomic E-state index is 0.0696. The molecule has 1 aromatic carbocycles. The Hall–Kier alpha value is -2.92. The second-order valence-electron chi connectivity index (χ2n) is 7.15. The molecule has 0 fully saturated rings. The lowest BCUT2D eigenvalue weighted by Gasteiger charge is -2.28. The number of carbonyl (C=O) groups is 1. The summed E-state index contributed by atoms with van der Waals surface area (Å²) in [7, 11) is -3.84.